The lowest BCUT2D eigenvalue weighted by Gasteiger charge is -2.37. The summed E-state index contributed by atoms with van der Waals surface area (Å²) in [4.78, 5) is 28.6. The lowest BCUT2D eigenvalue weighted by Crippen LogP contribution is -2.51. The minimum atomic E-state index is 0. The first-order chi connectivity index (χ1) is 13.7. The first kappa shape index (κ1) is 24.4. The van der Waals surface area contributed by atoms with E-state index in [-0.39, 0.29) is 36.8 Å². The summed E-state index contributed by atoms with van der Waals surface area (Å²) in [5.74, 6) is 2.21. The Bertz CT molecular complexity index is 780. The van der Waals surface area contributed by atoms with Crippen molar-refractivity contribution in [2.45, 2.75) is 12.5 Å². The summed E-state index contributed by atoms with van der Waals surface area (Å²) in [6.45, 7) is 7.00. The molecule has 166 valence electrons. The van der Waals surface area contributed by atoms with Gasteiger partial charge in [0.25, 0.3) is 0 Å². The molecule has 1 N–H and O–H groups in total. The van der Waals surface area contributed by atoms with E-state index in [2.05, 4.69) is 31.2 Å². The molecule has 0 spiro atoms. The summed E-state index contributed by atoms with van der Waals surface area (Å²) in [5.41, 5.74) is 0. The third-order valence-electron chi connectivity index (χ3n) is 5.71. The van der Waals surface area contributed by atoms with Crippen molar-refractivity contribution in [2.24, 2.45) is 7.05 Å². The highest BCUT2D eigenvalue weighted by Crippen LogP contribution is 2.21. The third-order valence-corrected chi connectivity index (χ3v) is 5.71. The Morgan fingerprint density at radius 3 is 2.57 bits per heavy atom. The van der Waals surface area contributed by atoms with E-state index in [9.17, 15) is 4.79 Å². The van der Waals surface area contributed by atoms with Crippen molar-refractivity contribution in [3.63, 3.8) is 0 Å². The summed E-state index contributed by atoms with van der Waals surface area (Å²) in [5, 5.41) is 3.39. The number of imidazole rings is 1. The number of nitrogens with one attached hydrogen (secondary N) is 1. The molecule has 1 atom stereocenters. The number of halogens is 2. The highest BCUT2D eigenvalue weighted by molar-refractivity contribution is 5.85. The zero-order valence-electron chi connectivity index (χ0n) is 17.3. The minimum absolute atomic E-state index is 0. The largest absolute Gasteiger partial charge is 0.354 e. The molecule has 0 aromatic carbocycles. The van der Waals surface area contributed by atoms with Crippen LogP contribution >= 0.6 is 24.8 Å². The van der Waals surface area contributed by atoms with Gasteiger partial charge in [-0.05, 0) is 12.1 Å². The second-order valence-corrected chi connectivity index (χ2v) is 7.47. The number of pyridine rings is 1. The minimum Gasteiger partial charge on any atom is -0.354 e. The van der Waals surface area contributed by atoms with E-state index in [4.69, 9.17) is 0 Å². The van der Waals surface area contributed by atoms with Crippen LogP contribution in [0.25, 0.3) is 0 Å². The monoisotopic (exact) mass is 455 g/mol. The van der Waals surface area contributed by atoms with Gasteiger partial charge in [-0.2, -0.15) is 0 Å². The molecule has 0 radical (unpaired) electrons. The third kappa shape index (κ3) is 5.63. The van der Waals surface area contributed by atoms with Crippen molar-refractivity contribution in [3.05, 3.63) is 42.6 Å². The van der Waals surface area contributed by atoms with Crippen LogP contribution in [0.5, 0.6) is 0 Å². The number of aromatic nitrogens is 3. The number of hydrogen-bond acceptors (Lipinski definition) is 6. The molecule has 1 unspecified atom stereocenters. The molecular formula is C20H31Cl2N7O. The van der Waals surface area contributed by atoms with E-state index >= 15 is 0 Å². The van der Waals surface area contributed by atoms with Crippen LogP contribution in [-0.2, 0) is 11.8 Å². The maximum absolute atomic E-state index is 13.0. The van der Waals surface area contributed by atoms with Crippen LogP contribution in [0.1, 0.15) is 18.3 Å². The number of carbonyl (C=O) groups excluding carboxylic acids is 1. The van der Waals surface area contributed by atoms with Gasteiger partial charge in [-0.15, -0.1) is 24.8 Å². The Morgan fingerprint density at radius 2 is 1.90 bits per heavy atom. The highest BCUT2D eigenvalue weighted by atomic mass is 35.5. The molecule has 2 aromatic heterocycles. The Hall–Kier alpha value is -1.87. The fraction of sp³-hybridized carbons (Fsp3) is 0.550. The Kier molecular flexibility index (Phi) is 9.36. The Labute approximate surface area is 190 Å². The fourth-order valence-corrected chi connectivity index (χ4v) is 4.07. The molecule has 0 bridgehead atoms. The van der Waals surface area contributed by atoms with Crippen LogP contribution < -0.4 is 10.2 Å². The molecular weight excluding hydrogens is 425 g/mol. The molecule has 4 rings (SSSR count). The predicted molar refractivity (Wildman–Crippen MR) is 123 cm³/mol. The molecule has 0 saturated carbocycles. The number of hydrogen-bond donors (Lipinski definition) is 1. The van der Waals surface area contributed by atoms with E-state index in [0.29, 0.717) is 6.42 Å². The van der Waals surface area contributed by atoms with Gasteiger partial charge in [0.15, 0.2) is 0 Å². The zero-order chi connectivity index (χ0) is 19.3. The molecule has 0 aliphatic carbocycles. The molecule has 1 amide bonds. The number of rotatable bonds is 5. The van der Waals surface area contributed by atoms with Crippen molar-refractivity contribution in [2.75, 3.05) is 57.3 Å². The van der Waals surface area contributed by atoms with Crippen LogP contribution in [0.3, 0.4) is 0 Å². The highest BCUT2D eigenvalue weighted by Gasteiger charge is 2.30. The van der Waals surface area contributed by atoms with E-state index in [1.165, 1.54) is 0 Å². The van der Waals surface area contributed by atoms with Crippen molar-refractivity contribution < 1.29 is 4.79 Å². The van der Waals surface area contributed by atoms with Gasteiger partial charge < -0.3 is 19.7 Å². The molecule has 2 aromatic rings. The first-order valence-corrected chi connectivity index (χ1v) is 10.1. The number of amides is 1. The van der Waals surface area contributed by atoms with E-state index in [0.717, 1.165) is 64.0 Å². The summed E-state index contributed by atoms with van der Waals surface area (Å²) in [7, 11) is 1.99. The van der Waals surface area contributed by atoms with Gasteiger partial charge in [0.05, 0.1) is 0 Å². The second kappa shape index (κ2) is 11.5. The Morgan fingerprint density at radius 1 is 1.10 bits per heavy atom. The first-order valence-electron chi connectivity index (χ1n) is 10.1. The predicted octanol–water partition coefficient (Wildman–Crippen LogP) is 1.34. The van der Waals surface area contributed by atoms with Crippen LogP contribution in [0.2, 0.25) is 0 Å². The van der Waals surface area contributed by atoms with Gasteiger partial charge in [-0.25, -0.2) is 9.97 Å². The molecule has 2 saturated heterocycles. The average molecular weight is 456 g/mol. The summed E-state index contributed by atoms with van der Waals surface area (Å²) < 4.78 is 2.01. The zero-order valence-corrected chi connectivity index (χ0v) is 18.9. The van der Waals surface area contributed by atoms with Crippen molar-refractivity contribution >= 4 is 36.5 Å². The molecule has 2 aliphatic rings. The van der Waals surface area contributed by atoms with E-state index in [1.54, 1.807) is 6.20 Å². The Balaban J connectivity index is 0.00000160. The number of nitrogens with zero attached hydrogens (tertiary/aromatic N) is 6. The number of aryl methyl sites for hydroxylation is 1. The van der Waals surface area contributed by atoms with Gasteiger partial charge >= 0.3 is 0 Å². The van der Waals surface area contributed by atoms with Crippen molar-refractivity contribution in [1.29, 1.82) is 0 Å². The van der Waals surface area contributed by atoms with Gasteiger partial charge in [0, 0.05) is 84.4 Å². The van der Waals surface area contributed by atoms with Gasteiger partial charge in [0.1, 0.15) is 17.7 Å². The van der Waals surface area contributed by atoms with Crippen LogP contribution in [-0.4, -0.2) is 82.6 Å². The normalized spacial score (nSPS) is 19.7. The molecule has 10 heteroatoms. The van der Waals surface area contributed by atoms with Crippen LogP contribution in [0, 0.1) is 0 Å². The molecule has 2 fully saturated rings. The average Bonchev–Trinajstić information content (AvgIpc) is 3.19. The van der Waals surface area contributed by atoms with Crippen LogP contribution in [0.15, 0.2) is 36.8 Å². The summed E-state index contributed by atoms with van der Waals surface area (Å²) in [6, 6.07) is 6.04. The fourth-order valence-electron chi connectivity index (χ4n) is 4.07. The van der Waals surface area contributed by atoms with E-state index < -0.39 is 0 Å². The summed E-state index contributed by atoms with van der Waals surface area (Å²) in [6.07, 6.45) is 6.14. The molecule has 8 nitrogen and oxygen atoms in total. The number of anilines is 1. The maximum atomic E-state index is 13.0. The van der Waals surface area contributed by atoms with E-state index in [1.807, 2.05) is 41.0 Å². The smallest absolute Gasteiger partial charge is 0.224 e. The molecule has 4 heterocycles. The van der Waals surface area contributed by atoms with Crippen molar-refractivity contribution in [1.82, 2.24) is 29.7 Å². The standard InChI is InChI=1S/C20H29N7O.2ClH/c1-24-10-8-23-20(24)17-16-21-7-11-27(17)19(28)5-9-25-12-14-26(15-13-25)18-4-2-3-6-22-18;;/h2-4,6,8,10,17,21H,5,7,9,11-16H2,1H3;2*1H. The van der Waals surface area contributed by atoms with Crippen molar-refractivity contribution in [3.8, 4) is 0 Å². The lowest BCUT2D eigenvalue weighted by atomic mass is 10.1. The van der Waals surface area contributed by atoms with Gasteiger partial charge in [-0.1, -0.05) is 6.07 Å². The maximum Gasteiger partial charge on any atom is 0.224 e. The number of piperazine rings is 2. The van der Waals surface area contributed by atoms with Gasteiger partial charge in [-0.3, -0.25) is 9.69 Å². The van der Waals surface area contributed by atoms with Crippen LogP contribution in [0.4, 0.5) is 5.82 Å². The topological polar surface area (TPSA) is 69.5 Å². The molecule has 30 heavy (non-hydrogen) atoms. The molecule has 2 aliphatic heterocycles. The lowest BCUT2D eigenvalue weighted by molar-refractivity contribution is -0.135. The quantitative estimate of drug-likeness (QED) is 0.733. The van der Waals surface area contributed by atoms with Gasteiger partial charge in [0.2, 0.25) is 5.91 Å². The second-order valence-electron chi connectivity index (χ2n) is 7.47. The summed E-state index contributed by atoms with van der Waals surface area (Å²) >= 11 is 0. The SMILES string of the molecule is Cl.Cl.Cn1ccnc1C1CNCCN1C(=O)CCN1CCN(c2ccccn2)CC1. The number of carbonyl (C=O) groups is 1.